The molecule has 18 heavy (non-hydrogen) atoms. The van der Waals surface area contributed by atoms with E-state index in [1.165, 1.54) is 32.1 Å². The summed E-state index contributed by atoms with van der Waals surface area (Å²) < 4.78 is 0. The summed E-state index contributed by atoms with van der Waals surface area (Å²) in [6.07, 6.45) is 8.27. The summed E-state index contributed by atoms with van der Waals surface area (Å²) in [6.45, 7) is 5.91. The van der Waals surface area contributed by atoms with Crippen molar-refractivity contribution < 1.29 is 15.0 Å². The molecular formula is C15H30O3. The molecule has 0 radical (unpaired) electrons. The molecule has 0 heterocycles. The molecule has 0 aromatic heterocycles. The molecule has 0 bridgehead atoms. The van der Waals surface area contributed by atoms with Gasteiger partial charge in [0.15, 0.2) is 0 Å². The molecule has 0 amide bonds. The fraction of sp³-hybridized carbons (Fsp3) is 0.933. The van der Waals surface area contributed by atoms with Gasteiger partial charge in [0.1, 0.15) is 0 Å². The third-order valence-corrected chi connectivity index (χ3v) is 3.52. The van der Waals surface area contributed by atoms with Crippen molar-refractivity contribution in [3.8, 4) is 0 Å². The van der Waals surface area contributed by atoms with E-state index in [1.807, 2.05) is 13.8 Å². The van der Waals surface area contributed by atoms with Crippen molar-refractivity contribution in [3.05, 3.63) is 0 Å². The molecule has 0 aliphatic rings. The van der Waals surface area contributed by atoms with Gasteiger partial charge in [-0.25, -0.2) is 0 Å². The lowest BCUT2D eigenvalue weighted by molar-refractivity contribution is -0.148. The number of aliphatic hydroxyl groups is 1. The van der Waals surface area contributed by atoms with Crippen LogP contribution in [0.1, 0.15) is 72.1 Å². The van der Waals surface area contributed by atoms with Crippen molar-refractivity contribution in [2.45, 2.75) is 78.2 Å². The zero-order valence-corrected chi connectivity index (χ0v) is 12.2. The van der Waals surface area contributed by atoms with E-state index in [9.17, 15) is 9.90 Å². The first kappa shape index (κ1) is 17.4. The molecule has 108 valence electrons. The molecule has 2 N–H and O–H groups in total. The molecule has 0 aromatic rings. The SMILES string of the molecule is CCCCCCCCCC(O)C(C(=O)O)C(C)C. The molecule has 3 heteroatoms. The number of hydrogen-bond acceptors (Lipinski definition) is 2. The van der Waals surface area contributed by atoms with E-state index in [2.05, 4.69) is 6.92 Å². The first-order chi connectivity index (χ1) is 8.50. The predicted octanol–water partition coefficient (Wildman–Crippen LogP) is 3.84. The van der Waals surface area contributed by atoms with E-state index >= 15 is 0 Å². The van der Waals surface area contributed by atoms with Crippen LogP contribution in [-0.2, 0) is 4.79 Å². The van der Waals surface area contributed by atoms with Crippen LogP contribution in [0.2, 0.25) is 0 Å². The van der Waals surface area contributed by atoms with Gasteiger partial charge in [-0.2, -0.15) is 0 Å². The van der Waals surface area contributed by atoms with Crippen LogP contribution in [0.25, 0.3) is 0 Å². The molecule has 0 aliphatic carbocycles. The van der Waals surface area contributed by atoms with Crippen LogP contribution in [0.15, 0.2) is 0 Å². The summed E-state index contributed by atoms with van der Waals surface area (Å²) >= 11 is 0. The van der Waals surface area contributed by atoms with Gasteiger partial charge in [0.25, 0.3) is 0 Å². The van der Waals surface area contributed by atoms with Crippen molar-refractivity contribution in [1.82, 2.24) is 0 Å². The van der Waals surface area contributed by atoms with E-state index in [0.717, 1.165) is 12.8 Å². The number of hydrogen-bond donors (Lipinski definition) is 2. The standard InChI is InChI=1S/C15H30O3/c1-4-5-6-7-8-9-10-11-13(16)14(12(2)3)15(17)18/h12-14,16H,4-11H2,1-3H3,(H,17,18). The Morgan fingerprint density at radius 2 is 1.50 bits per heavy atom. The maximum Gasteiger partial charge on any atom is 0.309 e. The lowest BCUT2D eigenvalue weighted by Gasteiger charge is -2.22. The van der Waals surface area contributed by atoms with Crippen LogP contribution < -0.4 is 0 Å². The maximum absolute atomic E-state index is 11.0. The molecule has 0 saturated heterocycles. The molecular weight excluding hydrogens is 228 g/mol. The van der Waals surface area contributed by atoms with Gasteiger partial charge in [-0.3, -0.25) is 4.79 Å². The number of unbranched alkanes of at least 4 members (excludes halogenated alkanes) is 6. The Morgan fingerprint density at radius 3 is 1.94 bits per heavy atom. The Balaban J connectivity index is 3.68. The molecule has 0 rings (SSSR count). The van der Waals surface area contributed by atoms with E-state index in [0.29, 0.717) is 6.42 Å². The van der Waals surface area contributed by atoms with Crippen LogP contribution in [0.4, 0.5) is 0 Å². The molecule has 2 unspecified atom stereocenters. The lowest BCUT2D eigenvalue weighted by atomic mass is 9.87. The van der Waals surface area contributed by atoms with Crippen LogP contribution in [0, 0.1) is 11.8 Å². The summed E-state index contributed by atoms with van der Waals surface area (Å²) in [5.41, 5.74) is 0. The number of carboxylic acids is 1. The Bertz CT molecular complexity index is 214. The van der Waals surface area contributed by atoms with Gasteiger partial charge in [-0.1, -0.05) is 65.7 Å². The van der Waals surface area contributed by atoms with E-state index in [4.69, 9.17) is 5.11 Å². The van der Waals surface area contributed by atoms with Gasteiger partial charge in [0.2, 0.25) is 0 Å². The van der Waals surface area contributed by atoms with Crippen LogP contribution >= 0.6 is 0 Å². The van der Waals surface area contributed by atoms with Crippen LogP contribution in [0.5, 0.6) is 0 Å². The summed E-state index contributed by atoms with van der Waals surface area (Å²) in [6, 6.07) is 0. The van der Waals surface area contributed by atoms with Gasteiger partial charge in [-0.05, 0) is 12.3 Å². The van der Waals surface area contributed by atoms with E-state index in [-0.39, 0.29) is 5.92 Å². The monoisotopic (exact) mass is 258 g/mol. The van der Waals surface area contributed by atoms with E-state index < -0.39 is 18.0 Å². The Labute approximate surface area is 112 Å². The first-order valence-corrected chi connectivity index (χ1v) is 7.41. The molecule has 3 nitrogen and oxygen atoms in total. The van der Waals surface area contributed by atoms with Gasteiger partial charge >= 0.3 is 5.97 Å². The highest BCUT2D eigenvalue weighted by atomic mass is 16.4. The minimum Gasteiger partial charge on any atom is -0.481 e. The molecule has 0 fully saturated rings. The number of rotatable bonds is 11. The summed E-state index contributed by atoms with van der Waals surface area (Å²) in [4.78, 5) is 11.0. The second-order valence-electron chi connectivity index (χ2n) is 5.59. The fourth-order valence-electron chi connectivity index (χ4n) is 2.38. The molecule has 0 saturated carbocycles. The van der Waals surface area contributed by atoms with Gasteiger partial charge in [0, 0.05) is 0 Å². The quantitative estimate of drug-likeness (QED) is 0.553. The third-order valence-electron chi connectivity index (χ3n) is 3.52. The maximum atomic E-state index is 11.0. The van der Waals surface area contributed by atoms with Crippen molar-refractivity contribution >= 4 is 5.97 Å². The average molecular weight is 258 g/mol. The number of aliphatic carboxylic acids is 1. The summed E-state index contributed by atoms with van der Waals surface area (Å²) in [7, 11) is 0. The van der Waals surface area contributed by atoms with Gasteiger partial charge in [0.05, 0.1) is 12.0 Å². The third kappa shape index (κ3) is 7.70. The minimum atomic E-state index is -0.875. The number of carboxylic acid groups (broad SMARTS) is 1. The first-order valence-electron chi connectivity index (χ1n) is 7.41. The zero-order valence-electron chi connectivity index (χ0n) is 12.2. The second-order valence-corrected chi connectivity index (χ2v) is 5.59. The summed E-state index contributed by atoms with van der Waals surface area (Å²) in [5.74, 6) is -1.51. The van der Waals surface area contributed by atoms with Crippen molar-refractivity contribution in [2.75, 3.05) is 0 Å². The molecule has 0 aromatic carbocycles. The smallest absolute Gasteiger partial charge is 0.309 e. The number of carbonyl (C=O) groups is 1. The van der Waals surface area contributed by atoms with Crippen LogP contribution in [-0.4, -0.2) is 22.3 Å². The minimum absolute atomic E-state index is 0.0120. The Kier molecular flexibility index (Phi) is 10.0. The second kappa shape index (κ2) is 10.4. The Hall–Kier alpha value is -0.570. The largest absolute Gasteiger partial charge is 0.481 e. The highest BCUT2D eigenvalue weighted by molar-refractivity contribution is 5.70. The lowest BCUT2D eigenvalue weighted by Crippen LogP contribution is -2.32. The highest BCUT2D eigenvalue weighted by Crippen LogP contribution is 2.20. The van der Waals surface area contributed by atoms with Crippen molar-refractivity contribution in [3.63, 3.8) is 0 Å². The van der Waals surface area contributed by atoms with Crippen molar-refractivity contribution in [2.24, 2.45) is 11.8 Å². The van der Waals surface area contributed by atoms with Crippen LogP contribution in [0.3, 0.4) is 0 Å². The normalized spacial score (nSPS) is 14.7. The Morgan fingerprint density at radius 1 is 1.00 bits per heavy atom. The molecule has 0 aliphatic heterocycles. The summed E-state index contributed by atoms with van der Waals surface area (Å²) in [5, 5.41) is 19.0. The fourth-order valence-corrected chi connectivity index (χ4v) is 2.38. The van der Waals surface area contributed by atoms with Gasteiger partial charge in [-0.15, -0.1) is 0 Å². The van der Waals surface area contributed by atoms with E-state index in [1.54, 1.807) is 0 Å². The molecule has 0 spiro atoms. The van der Waals surface area contributed by atoms with Crippen molar-refractivity contribution in [1.29, 1.82) is 0 Å². The highest BCUT2D eigenvalue weighted by Gasteiger charge is 2.28. The molecule has 2 atom stereocenters. The predicted molar refractivity (Wildman–Crippen MR) is 74.6 cm³/mol. The number of aliphatic hydroxyl groups excluding tert-OH is 1. The zero-order chi connectivity index (χ0) is 14.0. The topological polar surface area (TPSA) is 57.5 Å². The average Bonchev–Trinajstić information content (AvgIpc) is 2.26. The van der Waals surface area contributed by atoms with Gasteiger partial charge < -0.3 is 10.2 Å².